The lowest BCUT2D eigenvalue weighted by atomic mass is 10.2. The van der Waals surface area contributed by atoms with Gasteiger partial charge in [-0.15, -0.1) is 11.3 Å². The van der Waals surface area contributed by atoms with Crippen LogP contribution in [0.3, 0.4) is 0 Å². The van der Waals surface area contributed by atoms with Crippen LogP contribution in [0.15, 0.2) is 46.1 Å². The van der Waals surface area contributed by atoms with Crippen LogP contribution in [0.25, 0.3) is 0 Å². The average molecular weight is 594 g/mol. The highest BCUT2D eigenvalue weighted by atomic mass is 35.5. The van der Waals surface area contributed by atoms with Crippen molar-refractivity contribution in [1.82, 2.24) is 19.8 Å². The Kier molecular flexibility index (Phi) is 11.1. The number of aromatic nitrogens is 2. The minimum atomic E-state index is -3.47. The number of carbonyl (C=O) groups is 1. The number of amides is 1. The van der Waals surface area contributed by atoms with E-state index in [0.29, 0.717) is 23.6 Å². The largest absolute Gasteiger partial charge is 0.337 e. The van der Waals surface area contributed by atoms with Crippen LogP contribution in [0.1, 0.15) is 27.7 Å². The van der Waals surface area contributed by atoms with Crippen molar-refractivity contribution in [2.45, 2.75) is 37.2 Å². The summed E-state index contributed by atoms with van der Waals surface area (Å²) in [4.78, 5) is 25.6. The standard InChI is InChI=1S/C24H30ClN7O3S2.C2H6/c1-16(2)37(34,35)23-20(7-12-36-23)29-22-19(25)14-26-24(30-22)28-18-6-4-5-17(13-18)27-21(33)15-32-10-8-31(3)9-11-32;1-2/h4-7,12-14,16H,8-11,15H2,1-3H3,(H,27,33)(H2,26,28,29,30);1-2H3. The first-order valence-corrected chi connectivity index (χ1v) is 15.6. The van der Waals surface area contributed by atoms with E-state index >= 15 is 0 Å². The number of sulfone groups is 1. The predicted molar refractivity (Wildman–Crippen MR) is 161 cm³/mol. The van der Waals surface area contributed by atoms with E-state index in [0.717, 1.165) is 37.5 Å². The molecule has 0 spiro atoms. The fourth-order valence-electron chi connectivity index (χ4n) is 3.68. The number of rotatable bonds is 9. The summed E-state index contributed by atoms with van der Waals surface area (Å²) in [5.41, 5.74) is 1.73. The van der Waals surface area contributed by atoms with Crippen LogP contribution in [-0.4, -0.2) is 79.1 Å². The smallest absolute Gasteiger partial charge is 0.238 e. The van der Waals surface area contributed by atoms with E-state index in [9.17, 15) is 13.2 Å². The summed E-state index contributed by atoms with van der Waals surface area (Å²) in [6.45, 7) is 11.3. The highest BCUT2D eigenvalue weighted by Gasteiger charge is 2.25. The van der Waals surface area contributed by atoms with E-state index < -0.39 is 15.1 Å². The van der Waals surface area contributed by atoms with Crippen LogP contribution >= 0.6 is 22.9 Å². The molecule has 1 saturated heterocycles. The molecule has 39 heavy (non-hydrogen) atoms. The lowest BCUT2D eigenvalue weighted by Gasteiger charge is -2.31. The molecule has 2 aromatic heterocycles. The molecular weight excluding hydrogens is 558 g/mol. The second kappa shape index (κ2) is 14.0. The number of thiophene rings is 1. The number of hydrogen-bond donors (Lipinski definition) is 3. The number of halogens is 1. The summed E-state index contributed by atoms with van der Waals surface area (Å²) >= 11 is 7.44. The number of carbonyl (C=O) groups excluding carboxylic acids is 1. The molecule has 0 radical (unpaired) electrons. The van der Waals surface area contributed by atoms with Crippen molar-refractivity contribution in [2.24, 2.45) is 0 Å². The van der Waals surface area contributed by atoms with Crippen molar-refractivity contribution < 1.29 is 13.2 Å². The Labute approximate surface area is 239 Å². The average Bonchev–Trinajstić information content (AvgIpc) is 3.38. The van der Waals surface area contributed by atoms with Gasteiger partial charge in [-0.3, -0.25) is 9.69 Å². The van der Waals surface area contributed by atoms with Crippen molar-refractivity contribution in [3.8, 4) is 0 Å². The van der Waals surface area contributed by atoms with Crippen molar-refractivity contribution >= 4 is 67.5 Å². The van der Waals surface area contributed by atoms with Crippen LogP contribution in [0.2, 0.25) is 5.02 Å². The molecule has 1 fully saturated rings. The van der Waals surface area contributed by atoms with E-state index in [1.807, 2.05) is 32.0 Å². The molecule has 0 atom stereocenters. The third-order valence-electron chi connectivity index (χ3n) is 5.87. The molecule has 1 aliphatic heterocycles. The third kappa shape index (κ3) is 8.36. The molecule has 3 N–H and O–H groups in total. The van der Waals surface area contributed by atoms with Gasteiger partial charge in [0.1, 0.15) is 9.23 Å². The first-order valence-electron chi connectivity index (χ1n) is 12.8. The molecular formula is C26H36ClN7O3S2. The normalized spacial score (nSPS) is 14.4. The number of benzene rings is 1. The maximum absolute atomic E-state index is 12.7. The van der Waals surface area contributed by atoms with Crippen LogP contribution in [-0.2, 0) is 14.6 Å². The molecule has 13 heteroatoms. The SMILES string of the molecule is CC.CC(C)S(=O)(=O)c1sccc1Nc1nc(Nc2cccc(NC(=O)CN3CCN(C)CC3)c2)ncc1Cl. The summed E-state index contributed by atoms with van der Waals surface area (Å²) in [5.74, 6) is 0.463. The molecule has 1 aliphatic rings. The van der Waals surface area contributed by atoms with Gasteiger partial charge in [0.2, 0.25) is 11.9 Å². The van der Waals surface area contributed by atoms with Crippen LogP contribution in [0, 0.1) is 0 Å². The van der Waals surface area contributed by atoms with Gasteiger partial charge in [-0.2, -0.15) is 4.98 Å². The third-order valence-corrected chi connectivity index (χ3v) is 9.82. The number of nitrogens with one attached hydrogen (secondary N) is 3. The maximum Gasteiger partial charge on any atom is 0.238 e. The number of piperazine rings is 1. The first kappa shape index (κ1) is 30.8. The lowest BCUT2D eigenvalue weighted by molar-refractivity contribution is -0.117. The fourth-order valence-corrected chi connectivity index (χ4v) is 6.52. The zero-order valence-electron chi connectivity index (χ0n) is 22.9. The van der Waals surface area contributed by atoms with Gasteiger partial charge in [0.25, 0.3) is 0 Å². The Morgan fingerprint density at radius 2 is 1.79 bits per heavy atom. The maximum atomic E-state index is 12.7. The Bertz CT molecular complexity index is 1360. The van der Waals surface area contributed by atoms with Crippen molar-refractivity contribution in [3.63, 3.8) is 0 Å². The van der Waals surface area contributed by atoms with Crippen molar-refractivity contribution in [2.75, 3.05) is 55.7 Å². The lowest BCUT2D eigenvalue weighted by Crippen LogP contribution is -2.47. The highest BCUT2D eigenvalue weighted by Crippen LogP contribution is 2.34. The second-order valence-electron chi connectivity index (χ2n) is 9.06. The van der Waals surface area contributed by atoms with E-state index in [1.54, 1.807) is 31.4 Å². The molecule has 3 heterocycles. The quantitative estimate of drug-likeness (QED) is 0.312. The predicted octanol–water partition coefficient (Wildman–Crippen LogP) is 5.07. The molecule has 212 valence electrons. The molecule has 0 bridgehead atoms. The molecule has 0 saturated carbocycles. The van der Waals surface area contributed by atoms with Gasteiger partial charge in [0, 0.05) is 37.6 Å². The first-order chi connectivity index (χ1) is 18.6. The van der Waals surface area contributed by atoms with Gasteiger partial charge < -0.3 is 20.9 Å². The van der Waals surface area contributed by atoms with Gasteiger partial charge in [-0.25, -0.2) is 13.4 Å². The number of likely N-dealkylation sites (N-methyl/N-ethyl adjacent to an activating group) is 1. The Morgan fingerprint density at radius 3 is 2.49 bits per heavy atom. The Morgan fingerprint density at radius 1 is 1.10 bits per heavy atom. The Hall–Kier alpha value is -2.77. The Balaban J connectivity index is 0.00000205. The minimum absolute atomic E-state index is 0.0705. The van der Waals surface area contributed by atoms with Gasteiger partial charge in [-0.1, -0.05) is 31.5 Å². The zero-order chi connectivity index (χ0) is 28.6. The molecule has 1 amide bonds. The molecule has 1 aromatic carbocycles. The van der Waals surface area contributed by atoms with Crippen LogP contribution in [0.4, 0.5) is 28.8 Å². The summed E-state index contributed by atoms with van der Waals surface area (Å²) < 4.78 is 25.6. The molecule has 4 rings (SSSR count). The van der Waals surface area contributed by atoms with Gasteiger partial charge >= 0.3 is 0 Å². The van der Waals surface area contributed by atoms with E-state index in [2.05, 4.69) is 42.8 Å². The minimum Gasteiger partial charge on any atom is -0.337 e. The van der Waals surface area contributed by atoms with E-state index in [-0.39, 0.29) is 26.9 Å². The van der Waals surface area contributed by atoms with Gasteiger partial charge in [-0.05, 0) is 50.5 Å². The number of anilines is 5. The summed E-state index contributed by atoms with van der Waals surface area (Å²) in [7, 11) is -1.39. The van der Waals surface area contributed by atoms with Gasteiger partial charge in [0.05, 0.1) is 23.7 Å². The molecule has 0 unspecified atom stereocenters. The molecule has 0 aliphatic carbocycles. The summed E-state index contributed by atoms with van der Waals surface area (Å²) in [5, 5.41) is 10.5. The summed E-state index contributed by atoms with van der Waals surface area (Å²) in [6.07, 6.45) is 1.43. The van der Waals surface area contributed by atoms with Crippen LogP contribution in [0.5, 0.6) is 0 Å². The highest BCUT2D eigenvalue weighted by molar-refractivity contribution is 7.94. The van der Waals surface area contributed by atoms with Gasteiger partial charge in [0.15, 0.2) is 15.7 Å². The summed E-state index contributed by atoms with van der Waals surface area (Å²) in [6, 6.07) is 8.93. The second-order valence-corrected chi connectivity index (χ2v) is 13.1. The van der Waals surface area contributed by atoms with Crippen LogP contribution < -0.4 is 16.0 Å². The number of hydrogen-bond acceptors (Lipinski definition) is 10. The topological polar surface area (TPSA) is 120 Å². The molecule has 10 nitrogen and oxygen atoms in total. The molecule has 3 aromatic rings. The van der Waals surface area contributed by atoms with E-state index in [1.165, 1.54) is 6.20 Å². The number of nitrogens with zero attached hydrogens (tertiary/aromatic N) is 4. The van der Waals surface area contributed by atoms with E-state index in [4.69, 9.17) is 11.6 Å². The monoisotopic (exact) mass is 593 g/mol. The zero-order valence-corrected chi connectivity index (χ0v) is 25.3. The fraction of sp³-hybridized carbons (Fsp3) is 0.423. The van der Waals surface area contributed by atoms with Crippen molar-refractivity contribution in [1.29, 1.82) is 0 Å². The van der Waals surface area contributed by atoms with Crippen molar-refractivity contribution in [3.05, 3.63) is 46.9 Å².